The summed E-state index contributed by atoms with van der Waals surface area (Å²) in [6.45, 7) is 2.82. The third-order valence-electron chi connectivity index (χ3n) is 1.84. The van der Waals surface area contributed by atoms with Crippen LogP contribution in [0.5, 0.6) is 5.75 Å². The van der Waals surface area contributed by atoms with Crippen LogP contribution in [0.2, 0.25) is 0 Å². The fourth-order valence-corrected chi connectivity index (χ4v) is 1.07. The van der Waals surface area contributed by atoms with Crippen LogP contribution in [-0.2, 0) is 4.74 Å². The van der Waals surface area contributed by atoms with Crippen LogP contribution in [-0.4, -0.2) is 33.4 Å². The van der Waals surface area contributed by atoms with Crippen molar-refractivity contribution in [3.05, 3.63) is 30.1 Å². The molecule has 1 aromatic carbocycles. The minimum absolute atomic E-state index is 0.249. The Kier molecular flexibility index (Phi) is 5.73. The Morgan fingerprint density at radius 1 is 1.13 bits per heavy atom. The lowest BCUT2D eigenvalue weighted by atomic mass is 10.3. The Morgan fingerprint density at radius 3 is 2.47 bits per heavy atom. The molecule has 0 saturated heterocycles. The molecule has 3 nitrogen and oxygen atoms in total. The Morgan fingerprint density at radius 2 is 1.80 bits per heavy atom. The SMILES string of the molecule is COCCNCCOc1ccc(F)cc1. The first-order valence-electron chi connectivity index (χ1n) is 4.91. The van der Waals surface area contributed by atoms with E-state index < -0.39 is 0 Å². The Hall–Kier alpha value is -1.13. The largest absolute Gasteiger partial charge is 0.492 e. The zero-order valence-electron chi connectivity index (χ0n) is 8.83. The van der Waals surface area contributed by atoms with Gasteiger partial charge in [0.2, 0.25) is 0 Å². The van der Waals surface area contributed by atoms with Crippen LogP contribution in [0.1, 0.15) is 0 Å². The molecule has 0 radical (unpaired) electrons. The van der Waals surface area contributed by atoms with Crippen LogP contribution in [0.4, 0.5) is 4.39 Å². The van der Waals surface area contributed by atoms with Crippen LogP contribution >= 0.6 is 0 Å². The maximum atomic E-state index is 12.5. The van der Waals surface area contributed by atoms with E-state index in [1.165, 1.54) is 12.1 Å². The molecule has 0 aromatic heterocycles. The molecule has 1 aromatic rings. The van der Waals surface area contributed by atoms with Gasteiger partial charge < -0.3 is 14.8 Å². The van der Waals surface area contributed by atoms with E-state index in [0.717, 1.165) is 13.1 Å². The van der Waals surface area contributed by atoms with E-state index in [1.807, 2.05) is 0 Å². The van der Waals surface area contributed by atoms with Gasteiger partial charge in [-0.2, -0.15) is 0 Å². The van der Waals surface area contributed by atoms with Gasteiger partial charge in [0.05, 0.1) is 6.61 Å². The summed E-state index contributed by atoms with van der Waals surface area (Å²) in [6.07, 6.45) is 0. The van der Waals surface area contributed by atoms with E-state index in [1.54, 1.807) is 19.2 Å². The van der Waals surface area contributed by atoms with Gasteiger partial charge in [-0.3, -0.25) is 0 Å². The molecule has 4 heteroatoms. The number of halogens is 1. The molecule has 0 atom stereocenters. The second-order valence-corrected chi connectivity index (χ2v) is 3.05. The van der Waals surface area contributed by atoms with Gasteiger partial charge in [0.15, 0.2) is 0 Å². The fourth-order valence-electron chi connectivity index (χ4n) is 1.07. The first-order chi connectivity index (χ1) is 7.33. The van der Waals surface area contributed by atoms with Crippen LogP contribution in [0.25, 0.3) is 0 Å². The summed E-state index contributed by atoms with van der Waals surface area (Å²) in [7, 11) is 1.66. The number of nitrogens with one attached hydrogen (secondary N) is 1. The highest BCUT2D eigenvalue weighted by Gasteiger charge is 1.93. The lowest BCUT2D eigenvalue weighted by Crippen LogP contribution is -2.24. The molecule has 0 aliphatic heterocycles. The average molecular weight is 213 g/mol. The van der Waals surface area contributed by atoms with Crippen molar-refractivity contribution in [2.24, 2.45) is 0 Å². The lowest BCUT2D eigenvalue weighted by Gasteiger charge is -2.06. The summed E-state index contributed by atoms with van der Waals surface area (Å²) in [5.41, 5.74) is 0. The van der Waals surface area contributed by atoms with Gasteiger partial charge in [0.1, 0.15) is 18.2 Å². The van der Waals surface area contributed by atoms with Crippen molar-refractivity contribution in [1.82, 2.24) is 5.32 Å². The monoisotopic (exact) mass is 213 g/mol. The summed E-state index contributed by atoms with van der Waals surface area (Å²) >= 11 is 0. The molecule has 0 fully saturated rings. The van der Waals surface area contributed by atoms with Gasteiger partial charge >= 0.3 is 0 Å². The van der Waals surface area contributed by atoms with Gasteiger partial charge in [-0.05, 0) is 24.3 Å². The van der Waals surface area contributed by atoms with Gasteiger partial charge in [0.25, 0.3) is 0 Å². The molecular weight excluding hydrogens is 197 g/mol. The van der Waals surface area contributed by atoms with Crippen molar-refractivity contribution in [3.8, 4) is 5.75 Å². The minimum atomic E-state index is -0.249. The van der Waals surface area contributed by atoms with Crippen LogP contribution in [0.3, 0.4) is 0 Å². The molecule has 0 heterocycles. The highest BCUT2D eigenvalue weighted by atomic mass is 19.1. The average Bonchev–Trinajstić information content (AvgIpc) is 2.26. The molecular formula is C11H16FNO2. The summed E-state index contributed by atoms with van der Waals surface area (Å²) in [5, 5.41) is 3.14. The van der Waals surface area contributed by atoms with E-state index >= 15 is 0 Å². The zero-order valence-corrected chi connectivity index (χ0v) is 8.83. The number of ether oxygens (including phenoxy) is 2. The topological polar surface area (TPSA) is 30.5 Å². The predicted molar refractivity (Wildman–Crippen MR) is 56.6 cm³/mol. The van der Waals surface area contributed by atoms with E-state index in [4.69, 9.17) is 9.47 Å². The molecule has 15 heavy (non-hydrogen) atoms. The van der Waals surface area contributed by atoms with Crippen molar-refractivity contribution in [3.63, 3.8) is 0 Å². The molecule has 1 N–H and O–H groups in total. The molecule has 0 amide bonds. The molecule has 0 saturated carbocycles. The van der Waals surface area contributed by atoms with E-state index in [-0.39, 0.29) is 5.82 Å². The summed E-state index contributed by atoms with van der Waals surface area (Å²) < 4.78 is 22.8. The number of benzene rings is 1. The molecule has 0 bridgehead atoms. The molecule has 1 rings (SSSR count). The molecule has 0 spiro atoms. The first kappa shape index (κ1) is 11.9. The minimum Gasteiger partial charge on any atom is -0.492 e. The second-order valence-electron chi connectivity index (χ2n) is 3.05. The number of rotatable bonds is 7. The van der Waals surface area contributed by atoms with Gasteiger partial charge in [0, 0.05) is 20.2 Å². The highest BCUT2D eigenvalue weighted by Crippen LogP contribution is 2.10. The number of hydrogen-bond donors (Lipinski definition) is 1. The van der Waals surface area contributed by atoms with Gasteiger partial charge in [-0.25, -0.2) is 4.39 Å². The third-order valence-corrected chi connectivity index (χ3v) is 1.84. The second kappa shape index (κ2) is 7.20. The Labute approximate surface area is 89.2 Å². The van der Waals surface area contributed by atoms with Crippen LogP contribution < -0.4 is 10.1 Å². The molecule has 84 valence electrons. The third kappa shape index (κ3) is 5.34. The quantitative estimate of drug-likeness (QED) is 0.695. The fraction of sp³-hybridized carbons (Fsp3) is 0.455. The van der Waals surface area contributed by atoms with Crippen molar-refractivity contribution >= 4 is 0 Å². The normalized spacial score (nSPS) is 10.3. The zero-order chi connectivity index (χ0) is 10.9. The first-order valence-corrected chi connectivity index (χ1v) is 4.91. The number of methoxy groups -OCH3 is 1. The van der Waals surface area contributed by atoms with Crippen LogP contribution in [0.15, 0.2) is 24.3 Å². The van der Waals surface area contributed by atoms with Gasteiger partial charge in [-0.1, -0.05) is 0 Å². The maximum absolute atomic E-state index is 12.5. The summed E-state index contributed by atoms with van der Waals surface area (Å²) in [5.74, 6) is 0.436. The smallest absolute Gasteiger partial charge is 0.123 e. The highest BCUT2D eigenvalue weighted by molar-refractivity contribution is 5.21. The van der Waals surface area contributed by atoms with Crippen LogP contribution in [0, 0.1) is 5.82 Å². The van der Waals surface area contributed by atoms with Crippen molar-refractivity contribution in [1.29, 1.82) is 0 Å². The Bertz CT molecular complexity index is 264. The number of hydrogen-bond acceptors (Lipinski definition) is 3. The molecule has 0 unspecified atom stereocenters. The van der Waals surface area contributed by atoms with Gasteiger partial charge in [-0.15, -0.1) is 0 Å². The maximum Gasteiger partial charge on any atom is 0.123 e. The Balaban J connectivity index is 2.07. The standard InChI is InChI=1S/C11H16FNO2/c1-14-8-6-13-7-9-15-11-4-2-10(12)3-5-11/h2-5,13H,6-9H2,1H3. The molecule has 0 aliphatic rings. The van der Waals surface area contributed by atoms with E-state index in [0.29, 0.717) is 19.0 Å². The van der Waals surface area contributed by atoms with Crippen molar-refractivity contribution < 1.29 is 13.9 Å². The van der Waals surface area contributed by atoms with Crippen molar-refractivity contribution in [2.75, 3.05) is 33.4 Å². The van der Waals surface area contributed by atoms with E-state index in [2.05, 4.69) is 5.32 Å². The lowest BCUT2D eigenvalue weighted by molar-refractivity contribution is 0.197. The summed E-state index contributed by atoms with van der Waals surface area (Å²) in [4.78, 5) is 0. The molecule has 0 aliphatic carbocycles. The summed E-state index contributed by atoms with van der Waals surface area (Å²) in [6, 6.07) is 6.00. The van der Waals surface area contributed by atoms with E-state index in [9.17, 15) is 4.39 Å². The van der Waals surface area contributed by atoms with Crippen molar-refractivity contribution in [2.45, 2.75) is 0 Å². The predicted octanol–water partition coefficient (Wildman–Crippen LogP) is 1.44.